The van der Waals surface area contributed by atoms with Crippen LogP contribution in [0.25, 0.3) is 55.6 Å². The van der Waals surface area contributed by atoms with Gasteiger partial charge >= 0.3 is 0 Å². The van der Waals surface area contributed by atoms with E-state index in [1.54, 1.807) is 6.20 Å². The minimum absolute atomic E-state index is 0. The molecule has 4 heterocycles. The van der Waals surface area contributed by atoms with Crippen molar-refractivity contribution in [1.82, 2.24) is 15.0 Å². The summed E-state index contributed by atoms with van der Waals surface area (Å²) in [4.78, 5) is 13.5. The summed E-state index contributed by atoms with van der Waals surface area (Å²) in [5, 5.41) is 3.53. The number of rotatable bonds is 6. The minimum Gasteiger partial charge on any atom is -0.500 e. The quantitative estimate of drug-likeness (QED) is 0.124. The third kappa shape index (κ3) is 7.42. The van der Waals surface area contributed by atoms with Crippen LogP contribution in [0.2, 0.25) is 19.6 Å². The fraction of sp³-hybridized carbons (Fsp3) is 0.175. The molecule has 0 aliphatic carbocycles. The van der Waals surface area contributed by atoms with Crippen LogP contribution in [0, 0.1) is 18.2 Å². The number of aromatic nitrogens is 3. The maximum Gasteiger partial charge on any atom is 0.121 e. The van der Waals surface area contributed by atoms with Crippen LogP contribution in [0.4, 0.5) is 0 Å². The van der Waals surface area contributed by atoms with Gasteiger partial charge in [-0.15, -0.1) is 35.9 Å². The molecule has 46 heavy (non-hydrogen) atoms. The number of hydrogen-bond acceptors (Lipinski definition) is 4. The van der Waals surface area contributed by atoms with Crippen molar-refractivity contribution in [2.24, 2.45) is 5.92 Å². The predicted molar refractivity (Wildman–Crippen MR) is 189 cm³/mol. The first-order valence-electron chi connectivity index (χ1n) is 15.4. The second-order valence-electron chi connectivity index (χ2n) is 12.7. The molecule has 4 nitrogen and oxygen atoms in total. The molecule has 0 fully saturated rings. The molecule has 0 atom stereocenters. The molecule has 3 aromatic carbocycles. The largest absolute Gasteiger partial charge is 0.500 e. The van der Waals surface area contributed by atoms with Crippen LogP contribution in [-0.4, -0.2) is 23.0 Å². The summed E-state index contributed by atoms with van der Waals surface area (Å²) in [6, 6.07) is 35.9. The molecule has 233 valence electrons. The van der Waals surface area contributed by atoms with E-state index in [4.69, 9.17) is 4.42 Å². The van der Waals surface area contributed by atoms with Gasteiger partial charge in [0.15, 0.2) is 0 Å². The van der Waals surface area contributed by atoms with Crippen molar-refractivity contribution in [3.63, 3.8) is 0 Å². The zero-order valence-electron chi connectivity index (χ0n) is 26.8. The van der Waals surface area contributed by atoms with Crippen molar-refractivity contribution in [3.05, 3.63) is 133 Å². The van der Waals surface area contributed by atoms with Crippen LogP contribution in [-0.2, 0) is 26.5 Å². The molecule has 0 saturated heterocycles. The third-order valence-corrected chi connectivity index (χ3v) is 9.83. The van der Waals surface area contributed by atoms with Gasteiger partial charge in [0.1, 0.15) is 5.58 Å². The molecule has 0 spiro atoms. The molecule has 6 heteroatoms. The van der Waals surface area contributed by atoms with E-state index in [1.165, 1.54) is 10.8 Å². The Morgan fingerprint density at radius 2 is 1.52 bits per heavy atom. The zero-order valence-corrected chi connectivity index (χ0v) is 30.2. The van der Waals surface area contributed by atoms with E-state index in [0.29, 0.717) is 5.92 Å². The normalized spacial score (nSPS) is 11.3. The van der Waals surface area contributed by atoms with Gasteiger partial charge in [0.25, 0.3) is 0 Å². The second kappa shape index (κ2) is 14.5. The summed E-state index contributed by atoms with van der Waals surface area (Å²) < 4.78 is 6.07. The first kappa shape index (κ1) is 33.1. The van der Waals surface area contributed by atoms with Gasteiger partial charge in [0, 0.05) is 37.9 Å². The Kier molecular flexibility index (Phi) is 10.4. The van der Waals surface area contributed by atoms with Crippen LogP contribution >= 0.6 is 0 Å². The fourth-order valence-electron chi connectivity index (χ4n) is 5.62. The molecule has 0 amide bonds. The Hall–Kier alpha value is -4.22. The standard InChI is InChI=1S/C22H13N2O.C18H24NSi.Ir/c1-2-6-15(7-3-1)16-10-11-24-20(12-16)19-14-23-13-18-17-8-4-5-9-21(17)25-22(18)19;1-14(2)11-16-12-17(15-9-7-6-8-10-15)19-13-18(16)20(3,4)5;/h1-13H;6-9,12-14H,11H2,1-5H3;/q2*-1;. The number of pyridine rings is 3. The van der Waals surface area contributed by atoms with E-state index in [0.717, 1.165) is 62.0 Å². The van der Waals surface area contributed by atoms with E-state index < -0.39 is 8.07 Å². The molecule has 4 aromatic heterocycles. The Labute approximate surface area is 286 Å². The Balaban J connectivity index is 0.000000182. The summed E-state index contributed by atoms with van der Waals surface area (Å²) in [6.07, 6.45) is 9.91. The fourth-order valence-corrected chi connectivity index (χ4v) is 7.21. The van der Waals surface area contributed by atoms with Gasteiger partial charge in [-0.3, -0.25) is 0 Å². The van der Waals surface area contributed by atoms with Gasteiger partial charge in [-0.1, -0.05) is 105 Å². The van der Waals surface area contributed by atoms with Gasteiger partial charge in [-0.2, -0.15) is 0 Å². The number of nitrogens with zero attached hydrogens (tertiary/aromatic N) is 3. The molecular formula is C40H37IrN3OSi-2. The predicted octanol–water partition coefficient (Wildman–Crippen LogP) is 9.80. The van der Waals surface area contributed by atoms with Crippen LogP contribution in [0.15, 0.2) is 120 Å². The molecule has 1 radical (unpaired) electrons. The number of furan rings is 1. The van der Waals surface area contributed by atoms with Crippen molar-refractivity contribution in [3.8, 4) is 33.6 Å². The molecule has 7 aromatic rings. The van der Waals surface area contributed by atoms with Crippen LogP contribution in [0.1, 0.15) is 19.4 Å². The SMILES string of the molecule is CC(C)Cc1cc(-c2[c-]cccc2)ncc1[Si](C)(C)C.[Ir].[c-]1ncc2c(oc3ccccc32)c1-c1cc(-c2ccccc2)ccn1. The van der Waals surface area contributed by atoms with Crippen molar-refractivity contribution in [2.45, 2.75) is 39.9 Å². The van der Waals surface area contributed by atoms with E-state index in [1.807, 2.05) is 72.9 Å². The van der Waals surface area contributed by atoms with E-state index >= 15 is 0 Å². The molecule has 7 rings (SSSR count). The van der Waals surface area contributed by atoms with Crippen LogP contribution in [0.3, 0.4) is 0 Å². The average molecular weight is 796 g/mol. The Bertz CT molecular complexity index is 2050. The number of benzene rings is 3. The van der Waals surface area contributed by atoms with E-state index in [9.17, 15) is 0 Å². The Morgan fingerprint density at radius 3 is 2.26 bits per heavy atom. The van der Waals surface area contributed by atoms with Crippen molar-refractivity contribution in [1.29, 1.82) is 0 Å². The first-order valence-corrected chi connectivity index (χ1v) is 18.9. The monoisotopic (exact) mass is 796 g/mol. The smallest absolute Gasteiger partial charge is 0.121 e. The minimum atomic E-state index is -1.34. The number of hydrogen-bond donors (Lipinski definition) is 0. The van der Waals surface area contributed by atoms with Crippen LogP contribution < -0.4 is 5.19 Å². The van der Waals surface area contributed by atoms with Crippen molar-refractivity contribution >= 4 is 35.2 Å². The van der Waals surface area contributed by atoms with Gasteiger partial charge < -0.3 is 19.4 Å². The molecule has 0 N–H and O–H groups in total. The summed E-state index contributed by atoms with van der Waals surface area (Å²) >= 11 is 0. The maximum absolute atomic E-state index is 6.07. The molecule has 0 unspecified atom stereocenters. The number of fused-ring (bicyclic) bond motifs is 3. The first-order chi connectivity index (χ1) is 21.8. The van der Waals surface area contributed by atoms with E-state index in [-0.39, 0.29) is 20.1 Å². The van der Waals surface area contributed by atoms with Crippen molar-refractivity contribution in [2.75, 3.05) is 0 Å². The van der Waals surface area contributed by atoms with Crippen LogP contribution in [0.5, 0.6) is 0 Å². The molecule has 0 bridgehead atoms. The second-order valence-corrected chi connectivity index (χ2v) is 17.8. The molecule has 0 aliphatic rings. The zero-order chi connectivity index (χ0) is 31.4. The molecule has 0 saturated carbocycles. The number of para-hydroxylation sites is 1. The molecule has 0 aliphatic heterocycles. The summed E-state index contributed by atoms with van der Waals surface area (Å²) in [5.74, 6) is 0.667. The van der Waals surface area contributed by atoms with Gasteiger partial charge in [-0.25, -0.2) is 0 Å². The maximum atomic E-state index is 6.07. The molecular weight excluding hydrogens is 759 g/mol. The summed E-state index contributed by atoms with van der Waals surface area (Å²) in [7, 11) is -1.34. The van der Waals surface area contributed by atoms with E-state index in [2.05, 4.69) is 97.2 Å². The van der Waals surface area contributed by atoms with Gasteiger partial charge in [0.2, 0.25) is 0 Å². The summed E-state index contributed by atoms with van der Waals surface area (Å²) in [6.45, 7) is 11.7. The van der Waals surface area contributed by atoms with Crippen molar-refractivity contribution < 1.29 is 24.5 Å². The topological polar surface area (TPSA) is 51.8 Å². The van der Waals surface area contributed by atoms with Gasteiger partial charge in [0.05, 0.1) is 13.7 Å². The average Bonchev–Trinajstić information content (AvgIpc) is 3.44. The summed E-state index contributed by atoms with van der Waals surface area (Å²) in [5.41, 5.74) is 9.06. The van der Waals surface area contributed by atoms with Gasteiger partial charge in [-0.05, 0) is 70.0 Å². The third-order valence-electron chi connectivity index (χ3n) is 7.76. The Morgan fingerprint density at radius 1 is 0.761 bits per heavy atom.